The van der Waals surface area contributed by atoms with Gasteiger partial charge >= 0.3 is 0 Å². The zero-order valence-corrected chi connectivity index (χ0v) is 10.8. The summed E-state index contributed by atoms with van der Waals surface area (Å²) < 4.78 is 5.90. The number of hydrogen-bond donors (Lipinski definition) is 1. The summed E-state index contributed by atoms with van der Waals surface area (Å²) in [5.74, 6) is 0. The van der Waals surface area contributed by atoms with Crippen LogP contribution in [0.3, 0.4) is 0 Å². The van der Waals surface area contributed by atoms with Gasteiger partial charge < -0.3 is 9.84 Å². The van der Waals surface area contributed by atoms with Gasteiger partial charge in [0.25, 0.3) is 0 Å². The maximum atomic E-state index is 9.23. The molecule has 2 atom stereocenters. The van der Waals surface area contributed by atoms with Gasteiger partial charge in [-0.2, -0.15) is 0 Å². The van der Waals surface area contributed by atoms with Crippen LogP contribution in [0.4, 0.5) is 0 Å². The molecular weight excluding hydrogens is 214 g/mol. The lowest BCUT2D eigenvalue weighted by atomic mass is 10.1. The van der Waals surface area contributed by atoms with Crippen LogP contribution in [0.25, 0.3) is 0 Å². The van der Waals surface area contributed by atoms with E-state index in [-0.39, 0.29) is 18.9 Å². The van der Waals surface area contributed by atoms with Crippen molar-refractivity contribution in [3.05, 3.63) is 35.4 Å². The van der Waals surface area contributed by atoms with Crippen LogP contribution in [-0.2, 0) is 4.74 Å². The van der Waals surface area contributed by atoms with E-state index in [4.69, 9.17) is 4.74 Å². The molecule has 0 aliphatic carbocycles. The number of aryl methyl sites for hydroxylation is 1. The van der Waals surface area contributed by atoms with Crippen molar-refractivity contribution < 1.29 is 9.84 Å². The first-order valence-corrected chi connectivity index (χ1v) is 6.20. The summed E-state index contributed by atoms with van der Waals surface area (Å²) in [5, 5.41) is 9.23. The van der Waals surface area contributed by atoms with E-state index in [0.717, 1.165) is 6.54 Å². The van der Waals surface area contributed by atoms with Crippen LogP contribution in [-0.4, -0.2) is 35.3 Å². The van der Waals surface area contributed by atoms with Crippen LogP contribution in [0.15, 0.2) is 24.3 Å². The second-order valence-corrected chi connectivity index (χ2v) is 5.00. The third-order valence-corrected chi connectivity index (χ3v) is 3.23. The highest BCUT2D eigenvalue weighted by Crippen LogP contribution is 2.32. The minimum absolute atomic E-state index is 0.0213. The van der Waals surface area contributed by atoms with E-state index in [2.05, 4.69) is 49.9 Å². The average molecular weight is 235 g/mol. The van der Waals surface area contributed by atoms with Gasteiger partial charge in [0, 0.05) is 12.6 Å². The first-order valence-electron chi connectivity index (χ1n) is 6.20. The Bertz CT molecular complexity index is 378. The van der Waals surface area contributed by atoms with Crippen molar-refractivity contribution in [3.63, 3.8) is 0 Å². The molecule has 0 bridgehead atoms. The van der Waals surface area contributed by atoms with Gasteiger partial charge in [-0.25, -0.2) is 0 Å². The lowest BCUT2D eigenvalue weighted by molar-refractivity contribution is -0.0267. The SMILES string of the molecule is Cc1cccc(C2OC(CO)CN2C(C)C)c1. The van der Waals surface area contributed by atoms with Gasteiger partial charge in [0.15, 0.2) is 0 Å². The van der Waals surface area contributed by atoms with Crippen LogP contribution >= 0.6 is 0 Å². The van der Waals surface area contributed by atoms with Gasteiger partial charge in [0.2, 0.25) is 0 Å². The highest BCUT2D eigenvalue weighted by molar-refractivity contribution is 5.24. The molecule has 2 rings (SSSR count). The molecule has 1 aromatic carbocycles. The van der Waals surface area contributed by atoms with E-state index in [9.17, 15) is 5.11 Å². The lowest BCUT2D eigenvalue weighted by Crippen LogP contribution is -2.32. The molecule has 1 saturated heterocycles. The van der Waals surface area contributed by atoms with Crippen LogP contribution in [0.2, 0.25) is 0 Å². The number of nitrogens with zero attached hydrogens (tertiary/aromatic N) is 1. The second-order valence-electron chi connectivity index (χ2n) is 5.00. The normalized spacial score (nSPS) is 25.7. The summed E-state index contributed by atoms with van der Waals surface area (Å²) >= 11 is 0. The highest BCUT2D eigenvalue weighted by Gasteiger charge is 2.34. The van der Waals surface area contributed by atoms with Crippen molar-refractivity contribution in [2.45, 2.75) is 39.1 Å². The van der Waals surface area contributed by atoms with Gasteiger partial charge in [-0.05, 0) is 26.3 Å². The van der Waals surface area contributed by atoms with Crippen molar-refractivity contribution in [1.29, 1.82) is 0 Å². The van der Waals surface area contributed by atoms with Gasteiger partial charge in [-0.3, -0.25) is 4.90 Å². The van der Waals surface area contributed by atoms with E-state index in [1.165, 1.54) is 11.1 Å². The summed E-state index contributed by atoms with van der Waals surface area (Å²) in [4.78, 5) is 2.29. The quantitative estimate of drug-likeness (QED) is 0.871. The Labute approximate surface area is 103 Å². The summed E-state index contributed by atoms with van der Waals surface area (Å²) in [6, 6.07) is 8.80. The van der Waals surface area contributed by atoms with E-state index < -0.39 is 0 Å². The molecule has 94 valence electrons. The molecule has 1 aliphatic heterocycles. The number of aliphatic hydroxyl groups is 1. The number of rotatable bonds is 3. The molecule has 1 N–H and O–H groups in total. The molecule has 17 heavy (non-hydrogen) atoms. The van der Waals surface area contributed by atoms with E-state index in [0.29, 0.717) is 6.04 Å². The van der Waals surface area contributed by atoms with Crippen LogP contribution in [0, 0.1) is 6.92 Å². The maximum absolute atomic E-state index is 9.23. The van der Waals surface area contributed by atoms with Crippen LogP contribution in [0.5, 0.6) is 0 Å². The number of hydrogen-bond acceptors (Lipinski definition) is 3. The van der Waals surface area contributed by atoms with Crippen molar-refractivity contribution in [1.82, 2.24) is 4.90 Å². The molecule has 0 aromatic heterocycles. The summed E-state index contributed by atoms with van der Waals surface area (Å²) in [6.07, 6.45) is -0.0880. The Morgan fingerprint density at radius 3 is 2.82 bits per heavy atom. The molecule has 3 nitrogen and oxygen atoms in total. The third-order valence-electron chi connectivity index (χ3n) is 3.23. The number of benzene rings is 1. The molecule has 0 amide bonds. The molecule has 0 spiro atoms. The van der Waals surface area contributed by atoms with E-state index >= 15 is 0 Å². The van der Waals surface area contributed by atoms with Crippen LogP contribution < -0.4 is 0 Å². The minimum atomic E-state index is -0.0667. The fraction of sp³-hybridized carbons (Fsp3) is 0.571. The van der Waals surface area contributed by atoms with Crippen molar-refractivity contribution >= 4 is 0 Å². The molecule has 1 aromatic rings. The first kappa shape index (κ1) is 12.6. The molecule has 3 heteroatoms. The smallest absolute Gasteiger partial charge is 0.137 e. The molecule has 2 unspecified atom stereocenters. The van der Waals surface area contributed by atoms with E-state index in [1.807, 2.05) is 0 Å². The molecule has 1 fully saturated rings. The second kappa shape index (κ2) is 5.17. The standard InChI is InChI=1S/C14H21NO2/c1-10(2)15-8-13(9-16)17-14(15)12-6-4-5-11(3)7-12/h4-7,10,13-14,16H,8-9H2,1-3H3. The Balaban J connectivity index is 2.23. The fourth-order valence-corrected chi connectivity index (χ4v) is 2.31. The van der Waals surface area contributed by atoms with Gasteiger partial charge in [0.1, 0.15) is 6.23 Å². The zero-order valence-electron chi connectivity index (χ0n) is 10.8. The number of aliphatic hydroxyl groups excluding tert-OH is 1. The Hall–Kier alpha value is -0.900. The molecule has 0 saturated carbocycles. The van der Waals surface area contributed by atoms with Crippen molar-refractivity contribution in [2.75, 3.05) is 13.2 Å². The Morgan fingerprint density at radius 2 is 2.24 bits per heavy atom. The van der Waals surface area contributed by atoms with Gasteiger partial charge in [0.05, 0.1) is 12.7 Å². The fourth-order valence-electron chi connectivity index (χ4n) is 2.31. The van der Waals surface area contributed by atoms with E-state index in [1.54, 1.807) is 0 Å². The molecule has 0 radical (unpaired) electrons. The zero-order chi connectivity index (χ0) is 12.4. The maximum Gasteiger partial charge on any atom is 0.137 e. The highest BCUT2D eigenvalue weighted by atomic mass is 16.5. The predicted octanol–water partition coefficient (Wildman–Crippen LogP) is 2.10. The van der Waals surface area contributed by atoms with Crippen LogP contribution in [0.1, 0.15) is 31.2 Å². The molecule has 1 aliphatic rings. The topological polar surface area (TPSA) is 32.7 Å². The monoisotopic (exact) mass is 235 g/mol. The number of ether oxygens (including phenoxy) is 1. The Morgan fingerprint density at radius 1 is 1.47 bits per heavy atom. The predicted molar refractivity (Wildman–Crippen MR) is 67.7 cm³/mol. The van der Waals surface area contributed by atoms with Gasteiger partial charge in [-0.15, -0.1) is 0 Å². The summed E-state index contributed by atoms with van der Waals surface area (Å²) in [6.45, 7) is 7.29. The lowest BCUT2D eigenvalue weighted by Gasteiger charge is -2.26. The minimum Gasteiger partial charge on any atom is -0.394 e. The largest absolute Gasteiger partial charge is 0.394 e. The first-order chi connectivity index (χ1) is 8.11. The van der Waals surface area contributed by atoms with Gasteiger partial charge in [-0.1, -0.05) is 29.8 Å². The summed E-state index contributed by atoms with van der Waals surface area (Å²) in [5.41, 5.74) is 2.41. The molecular formula is C14H21NO2. The van der Waals surface area contributed by atoms with Crippen molar-refractivity contribution in [2.24, 2.45) is 0 Å². The third kappa shape index (κ3) is 2.68. The Kier molecular flexibility index (Phi) is 3.82. The molecule has 1 heterocycles. The average Bonchev–Trinajstić information content (AvgIpc) is 2.73. The summed E-state index contributed by atoms with van der Waals surface area (Å²) in [7, 11) is 0. The van der Waals surface area contributed by atoms with Crippen molar-refractivity contribution in [3.8, 4) is 0 Å².